The van der Waals surface area contributed by atoms with Gasteiger partial charge in [-0.3, -0.25) is 4.79 Å². The summed E-state index contributed by atoms with van der Waals surface area (Å²) in [5.74, 6) is -1.32. The van der Waals surface area contributed by atoms with Gasteiger partial charge in [-0.15, -0.1) is 0 Å². The minimum absolute atomic E-state index is 0.0429. The number of amides is 1. The van der Waals surface area contributed by atoms with Crippen LogP contribution in [0.5, 0.6) is 0 Å². The Morgan fingerprint density at radius 1 is 1.34 bits per heavy atom. The summed E-state index contributed by atoms with van der Waals surface area (Å²) < 4.78 is 33.4. The average molecular weight is 421 g/mol. The highest BCUT2D eigenvalue weighted by Crippen LogP contribution is 2.20. The summed E-state index contributed by atoms with van der Waals surface area (Å²) in [6, 6.07) is 7.76. The van der Waals surface area contributed by atoms with E-state index in [-0.39, 0.29) is 34.4 Å². The van der Waals surface area contributed by atoms with Gasteiger partial charge in [0.1, 0.15) is 11.6 Å². The van der Waals surface area contributed by atoms with E-state index in [9.17, 15) is 23.3 Å². The van der Waals surface area contributed by atoms with Crippen molar-refractivity contribution in [3.8, 4) is 6.07 Å². The molecule has 10 heteroatoms. The van der Waals surface area contributed by atoms with E-state index >= 15 is 0 Å². The first kappa shape index (κ1) is 22.4. The van der Waals surface area contributed by atoms with E-state index in [1.165, 1.54) is 32.6 Å². The molecular formula is C19H23N3O6S. The number of rotatable bonds is 8. The van der Waals surface area contributed by atoms with Gasteiger partial charge in [0, 0.05) is 25.9 Å². The predicted molar refractivity (Wildman–Crippen MR) is 106 cm³/mol. The summed E-state index contributed by atoms with van der Waals surface area (Å²) >= 11 is 0. The molecule has 2 rings (SSSR count). The Morgan fingerprint density at radius 2 is 2.07 bits per heavy atom. The second-order valence-electron chi connectivity index (χ2n) is 6.43. The van der Waals surface area contributed by atoms with Gasteiger partial charge < -0.3 is 19.7 Å². The molecule has 9 nitrogen and oxygen atoms in total. The molecule has 1 heterocycles. The number of hydrogen-bond acceptors (Lipinski definition) is 8. The maximum Gasteiger partial charge on any atom is 0.339 e. The van der Waals surface area contributed by atoms with Gasteiger partial charge in [0.25, 0.3) is 5.91 Å². The van der Waals surface area contributed by atoms with Gasteiger partial charge in [-0.05, 0) is 18.6 Å². The van der Waals surface area contributed by atoms with Crippen molar-refractivity contribution in [2.45, 2.75) is 12.5 Å². The molecule has 1 atom stereocenters. The molecule has 1 aromatic carbocycles. The van der Waals surface area contributed by atoms with Gasteiger partial charge in [0.15, 0.2) is 9.84 Å². The van der Waals surface area contributed by atoms with Crippen LogP contribution < -0.4 is 5.32 Å². The third kappa shape index (κ3) is 6.04. The maximum absolute atomic E-state index is 12.6. The molecule has 1 saturated heterocycles. The molecule has 0 bridgehead atoms. The van der Waals surface area contributed by atoms with E-state index in [1.54, 1.807) is 17.0 Å². The molecule has 0 radical (unpaired) electrons. The minimum Gasteiger partial charge on any atom is -0.465 e. The van der Waals surface area contributed by atoms with Crippen molar-refractivity contribution in [1.82, 2.24) is 4.90 Å². The normalized spacial score (nSPS) is 18.0. The molecule has 1 amide bonds. The van der Waals surface area contributed by atoms with Crippen LogP contribution in [0, 0.1) is 11.3 Å². The molecule has 1 aromatic rings. The van der Waals surface area contributed by atoms with Crippen LogP contribution in [-0.2, 0) is 24.1 Å². The van der Waals surface area contributed by atoms with Gasteiger partial charge in [-0.25, -0.2) is 13.2 Å². The fourth-order valence-corrected chi connectivity index (χ4v) is 4.70. The zero-order valence-electron chi connectivity index (χ0n) is 16.3. The fraction of sp³-hybridized carbons (Fsp3) is 0.421. The summed E-state index contributed by atoms with van der Waals surface area (Å²) in [5.41, 5.74) is 0.140. The molecular weight excluding hydrogens is 398 g/mol. The average Bonchev–Trinajstić information content (AvgIpc) is 3.07. The highest BCUT2D eigenvalue weighted by Gasteiger charge is 2.31. The molecule has 1 unspecified atom stereocenters. The Morgan fingerprint density at radius 3 is 2.66 bits per heavy atom. The Labute approximate surface area is 169 Å². The maximum atomic E-state index is 12.6. The van der Waals surface area contributed by atoms with Crippen LogP contribution in [-0.4, -0.2) is 70.1 Å². The number of nitriles is 1. The van der Waals surface area contributed by atoms with Crippen LogP contribution in [0.25, 0.3) is 0 Å². The molecule has 0 aromatic heterocycles. The molecule has 29 heavy (non-hydrogen) atoms. The van der Waals surface area contributed by atoms with E-state index in [1.807, 2.05) is 6.07 Å². The number of ether oxygens (including phenoxy) is 2. The van der Waals surface area contributed by atoms with E-state index in [4.69, 9.17) is 9.47 Å². The second kappa shape index (κ2) is 10.0. The van der Waals surface area contributed by atoms with Gasteiger partial charge in [0.2, 0.25) is 0 Å². The summed E-state index contributed by atoms with van der Waals surface area (Å²) in [6.45, 7) is 0.631. The summed E-state index contributed by atoms with van der Waals surface area (Å²) in [7, 11) is -0.406. The number of para-hydroxylation sites is 1. The summed E-state index contributed by atoms with van der Waals surface area (Å²) in [6.07, 6.45) is 1.76. The Bertz CT molecular complexity index is 936. The highest BCUT2D eigenvalue weighted by molar-refractivity contribution is 7.91. The highest BCUT2D eigenvalue weighted by atomic mass is 32.2. The van der Waals surface area contributed by atoms with Crippen LogP contribution in [0.3, 0.4) is 0 Å². The molecule has 1 N–H and O–H groups in total. The first-order valence-electron chi connectivity index (χ1n) is 8.87. The van der Waals surface area contributed by atoms with Crippen LogP contribution >= 0.6 is 0 Å². The van der Waals surface area contributed by atoms with Crippen molar-refractivity contribution in [3.05, 3.63) is 41.6 Å². The largest absolute Gasteiger partial charge is 0.465 e. The van der Waals surface area contributed by atoms with Crippen LogP contribution in [0.2, 0.25) is 0 Å². The number of nitrogens with zero attached hydrogens (tertiary/aromatic N) is 2. The lowest BCUT2D eigenvalue weighted by Crippen LogP contribution is -2.35. The monoisotopic (exact) mass is 421 g/mol. The SMILES string of the molecule is COCCN(/C=C(/C#N)C(=O)Nc1ccccc1C(=O)OC)C1CCS(=O)(=O)C1. The molecule has 0 aliphatic carbocycles. The van der Waals surface area contributed by atoms with E-state index in [0.29, 0.717) is 19.6 Å². The third-order valence-corrected chi connectivity index (χ3v) is 6.22. The lowest BCUT2D eigenvalue weighted by molar-refractivity contribution is -0.112. The van der Waals surface area contributed by atoms with Gasteiger partial charge in [-0.2, -0.15) is 5.26 Å². The van der Waals surface area contributed by atoms with Crippen LogP contribution in [0.15, 0.2) is 36.0 Å². The van der Waals surface area contributed by atoms with Gasteiger partial charge >= 0.3 is 5.97 Å². The van der Waals surface area contributed by atoms with Crippen molar-refractivity contribution in [2.75, 3.05) is 44.2 Å². The topological polar surface area (TPSA) is 126 Å². The lowest BCUT2D eigenvalue weighted by atomic mass is 10.1. The van der Waals surface area contributed by atoms with E-state index in [0.717, 1.165) is 0 Å². The predicted octanol–water partition coefficient (Wildman–Crippen LogP) is 0.955. The van der Waals surface area contributed by atoms with Crippen molar-refractivity contribution in [3.63, 3.8) is 0 Å². The number of carbonyl (C=O) groups is 2. The van der Waals surface area contributed by atoms with Crippen LogP contribution in [0.4, 0.5) is 5.69 Å². The van der Waals surface area contributed by atoms with E-state index < -0.39 is 21.7 Å². The molecule has 1 aliphatic rings. The third-order valence-electron chi connectivity index (χ3n) is 4.47. The number of carbonyl (C=O) groups excluding carboxylic acids is 2. The number of esters is 1. The molecule has 1 fully saturated rings. The van der Waals surface area contributed by atoms with Crippen molar-refractivity contribution in [1.29, 1.82) is 5.26 Å². The number of nitrogens with one attached hydrogen (secondary N) is 1. The second-order valence-corrected chi connectivity index (χ2v) is 8.66. The number of hydrogen-bond donors (Lipinski definition) is 1. The Balaban J connectivity index is 2.25. The molecule has 1 aliphatic heterocycles. The Kier molecular flexibility index (Phi) is 7.75. The standard InChI is InChI=1S/C19H23N3O6S/c1-27-9-8-22(15-7-10-29(25,26)13-15)12-14(11-20)18(23)21-17-6-4-3-5-16(17)19(24)28-2/h3-6,12,15H,7-10,13H2,1-2H3,(H,21,23)/b14-12-. The number of benzene rings is 1. The molecule has 0 spiro atoms. The number of anilines is 1. The van der Waals surface area contributed by atoms with Crippen LogP contribution in [0.1, 0.15) is 16.8 Å². The first-order chi connectivity index (χ1) is 13.8. The Hall–Kier alpha value is -2.90. The fourth-order valence-electron chi connectivity index (χ4n) is 2.96. The summed E-state index contributed by atoms with van der Waals surface area (Å²) in [5, 5.41) is 12.0. The lowest BCUT2D eigenvalue weighted by Gasteiger charge is -2.26. The zero-order valence-corrected chi connectivity index (χ0v) is 17.1. The van der Waals surface area contributed by atoms with Crippen molar-refractivity contribution in [2.24, 2.45) is 0 Å². The van der Waals surface area contributed by atoms with Crippen molar-refractivity contribution >= 4 is 27.4 Å². The van der Waals surface area contributed by atoms with Gasteiger partial charge in [0.05, 0.1) is 36.5 Å². The number of methoxy groups -OCH3 is 2. The zero-order chi connectivity index (χ0) is 21.4. The molecule has 156 valence electrons. The number of sulfone groups is 1. The quantitative estimate of drug-likeness (QED) is 0.374. The first-order valence-corrected chi connectivity index (χ1v) is 10.7. The van der Waals surface area contributed by atoms with Crippen molar-refractivity contribution < 1.29 is 27.5 Å². The summed E-state index contributed by atoms with van der Waals surface area (Å²) in [4.78, 5) is 26.1. The minimum atomic E-state index is -3.14. The smallest absolute Gasteiger partial charge is 0.339 e. The molecule has 0 saturated carbocycles. The van der Waals surface area contributed by atoms with Gasteiger partial charge in [-0.1, -0.05) is 12.1 Å². The van der Waals surface area contributed by atoms with E-state index in [2.05, 4.69) is 5.32 Å².